The third-order valence-corrected chi connectivity index (χ3v) is 5.19. The van der Waals surface area contributed by atoms with Gasteiger partial charge < -0.3 is 9.80 Å². The lowest BCUT2D eigenvalue weighted by atomic mass is 9.99. The number of benzene rings is 1. The molecule has 0 radical (unpaired) electrons. The van der Waals surface area contributed by atoms with Crippen LogP contribution >= 0.6 is 0 Å². The standard InChI is InChI=1S/C20H24N4O/c25-19(24-12-9-16-7-3-4-8-17(16)15-24)18-13-21-20(22-14-18)23-10-5-1-2-6-11-23/h3-4,7-8,13-14H,1-2,5-6,9-12,15H2. The zero-order valence-electron chi connectivity index (χ0n) is 14.5. The van der Waals surface area contributed by atoms with Gasteiger partial charge >= 0.3 is 0 Å². The number of fused-ring (bicyclic) bond motifs is 1. The molecule has 4 rings (SSSR count). The lowest BCUT2D eigenvalue weighted by Gasteiger charge is -2.29. The van der Waals surface area contributed by atoms with Crippen LogP contribution in [-0.2, 0) is 13.0 Å². The summed E-state index contributed by atoms with van der Waals surface area (Å²) >= 11 is 0. The van der Waals surface area contributed by atoms with Crippen molar-refractivity contribution in [3.05, 3.63) is 53.3 Å². The second-order valence-corrected chi connectivity index (χ2v) is 6.92. The van der Waals surface area contributed by atoms with Crippen LogP contribution in [-0.4, -0.2) is 40.4 Å². The summed E-state index contributed by atoms with van der Waals surface area (Å²) in [5, 5.41) is 0. The van der Waals surface area contributed by atoms with Gasteiger partial charge in [0, 0.05) is 38.6 Å². The first-order chi connectivity index (χ1) is 12.3. The van der Waals surface area contributed by atoms with E-state index in [-0.39, 0.29) is 5.91 Å². The molecule has 0 unspecified atom stereocenters. The second-order valence-electron chi connectivity index (χ2n) is 6.92. The molecule has 2 aliphatic rings. The Morgan fingerprint density at radius 1 is 0.880 bits per heavy atom. The van der Waals surface area contributed by atoms with Crippen molar-refractivity contribution in [1.82, 2.24) is 14.9 Å². The number of nitrogens with zero attached hydrogens (tertiary/aromatic N) is 4. The zero-order chi connectivity index (χ0) is 17.1. The summed E-state index contributed by atoms with van der Waals surface area (Å²) in [5.41, 5.74) is 3.17. The SMILES string of the molecule is O=C(c1cnc(N2CCCCCC2)nc1)N1CCc2ccccc2C1. The largest absolute Gasteiger partial charge is 0.341 e. The maximum absolute atomic E-state index is 12.8. The van der Waals surface area contributed by atoms with Crippen LogP contribution in [0.5, 0.6) is 0 Å². The Labute approximate surface area is 148 Å². The monoisotopic (exact) mass is 336 g/mol. The molecule has 1 saturated heterocycles. The van der Waals surface area contributed by atoms with Gasteiger partial charge in [-0.2, -0.15) is 0 Å². The first-order valence-corrected chi connectivity index (χ1v) is 9.24. The maximum Gasteiger partial charge on any atom is 0.257 e. The summed E-state index contributed by atoms with van der Waals surface area (Å²) in [5.74, 6) is 0.777. The molecule has 5 nitrogen and oxygen atoms in total. The van der Waals surface area contributed by atoms with E-state index in [1.165, 1.54) is 36.8 Å². The van der Waals surface area contributed by atoms with Gasteiger partial charge in [-0.05, 0) is 30.4 Å². The minimum atomic E-state index is 0.0249. The number of rotatable bonds is 2. The number of hydrogen-bond acceptors (Lipinski definition) is 4. The number of carbonyl (C=O) groups excluding carboxylic acids is 1. The Bertz CT molecular complexity index is 736. The molecule has 0 aliphatic carbocycles. The predicted octanol–water partition coefficient (Wildman–Crippen LogP) is 3.06. The van der Waals surface area contributed by atoms with E-state index in [0.717, 1.165) is 32.0 Å². The number of anilines is 1. The van der Waals surface area contributed by atoms with E-state index in [0.29, 0.717) is 12.1 Å². The van der Waals surface area contributed by atoms with E-state index in [2.05, 4.69) is 33.1 Å². The van der Waals surface area contributed by atoms with E-state index in [4.69, 9.17) is 0 Å². The maximum atomic E-state index is 12.8. The minimum Gasteiger partial charge on any atom is -0.341 e. The van der Waals surface area contributed by atoms with Crippen molar-refractivity contribution in [3.8, 4) is 0 Å². The molecule has 2 aliphatic heterocycles. The smallest absolute Gasteiger partial charge is 0.257 e. The quantitative estimate of drug-likeness (QED) is 0.846. The van der Waals surface area contributed by atoms with Crippen molar-refractivity contribution >= 4 is 11.9 Å². The average Bonchev–Trinajstić information content (AvgIpc) is 2.97. The van der Waals surface area contributed by atoms with Crippen LogP contribution in [0.25, 0.3) is 0 Å². The highest BCUT2D eigenvalue weighted by atomic mass is 16.2. The molecule has 2 aromatic rings. The van der Waals surface area contributed by atoms with Gasteiger partial charge in [-0.15, -0.1) is 0 Å². The molecule has 130 valence electrons. The van der Waals surface area contributed by atoms with Crippen molar-refractivity contribution in [1.29, 1.82) is 0 Å². The molecule has 25 heavy (non-hydrogen) atoms. The van der Waals surface area contributed by atoms with Gasteiger partial charge in [0.15, 0.2) is 0 Å². The third-order valence-electron chi connectivity index (χ3n) is 5.19. The fraction of sp³-hybridized carbons (Fsp3) is 0.450. The van der Waals surface area contributed by atoms with Crippen LogP contribution in [0.2, 0.25) is 0 Å². The molecule has 0 spiro atoms. The summed E-state index contributed by atoms with van der Waals surface area (Å²) < 4.78 is 0. The number of amides is 1. The highest BCUT2D eigenvalue weighted by molar-refractivity contribution is 5.93. The van der Waals surface area contributed by atoms with Crippen LogP contribution in [0.15, 0.2) is 36.7 Å². The van der Waals surface area contributed by atoms with Crippen LogP contribution in [0, 0.1) is 0 Å². The van der Waals surface area contributed by atoms with Crippen molar-refractivity contribution < 1.29 is 4.79 Å². The summed E-state index contributed by atoms with van der Waals surface area (Å²) in [7, 11) is 0. The van der Waals surface area contributed by atoms with Crippen LogP contribution in [0.4, 0.5) is 5.95 Å². The topological polar surface area (TPSA) is 49.3 Å². The lowest BCUT2D eigenvalue weighted by Crippen LogP contribution is -2.36. The molecule has 0 atom stereocenters. The van der Waals surface area contributed by atoms with E-state index >= 15 is 0 Å². The lowest BCUT2D eigenvalue weighted by molar-refractivity contribution is 0.0734. The second kappa shape index (κ2) is 7.21. The summed E-state index contributed by atoms with van der Waals surface area (Å²) in [6, 6.07) is 8.35. The van der Waals surface area contributed by atoms with Gasteiger partial charge in [-0.25, -0.2) is 9.97 Å². The van der Waals surface area contributed by atoms with Crippen molar-refractivity contribution in [2.45, 2.75) is 38.6 Å². The highest BCUT2D eigenvalue weighted by Gasteiger charge is 2.22. The first-order valence-electron chi connectivity index (χ1n) is 9.24. The molecule has 0 bridgehead atoms. The summed E-state index contributed by atoms with van der Waals surface area (Å²) in [4.78, 5) is 25.9. The van der Waals surface area contributed by atoms with Crippen molar-refractivity contribution in [2.24, 2.45) is 0 Å². The van der Waals surface area contributed by atoms with Gasteiger partial charge in [-0.1, -0.05) is 37.1 Å². The van der Waals surface area contributed by atoms with Gasteiger partial charge in [0.1, 0.15) is 0 Å². The number of hydrogen-bond donors (Lipinski definition) is 0. The molecule has 1 amide bonds. The number of carbonyl (C=O) groups is 1. The molecule has 0 saturated carbocycles. The van der Waals surface area contributed by atoms with Crippen LogP contribution < -0.4 is 4.90 Å². The number of aromatic nitrogens is 2. The summed E-state index contributed by atoms with van der Waals surface area (Å²) in [6.45, 7) is 3.44. The van der Waals surface area contributed by atoms with Gasteiger partial charge in [0.05, 0.1) is 5.56 Å². The van der Waals surface area contributed by atoms with E-state index in [1.54, 1.807) is 12.4 Å². The Kier molecular flexibility index (Phi) is 4.63. The molecule has 1 aromatic carbocycles. The van der Waals surface area contributed by atoms with E-state index in [1.807, 2.05) is 11.0 Å². The Hall–Kier alpha value is -2.43. The van der Waals surface area contributed by atoms with Gasteiger partial charge in [0.25, 0.3) is 5.91 Å². The molecule has 1 aromatic heterocycles. The third kappa shape index (κ3) is 3.50. The molecule has 5 heteroatoms. The van der Waals surface area contributed by atoms with Gasteiger partial charge in [-0.3, -0.25) is 4.79 Å². The van der Waals surface area contributed by atoms with Gasteiger partial charge in [0.2, 0.25) is 5.95 Å². The molecular formula is C20H24N4O. The first kappa shape index (κ1) is 16.1. The minimum absolute atomic E-state index is 0.0249. The summed E-state index contributed by atoms with van der Waals surface area (Å²) in [6.07, 6.45) is 9.24. The molecule has 0 N–H and O–H groups in total. The normalized spacial score (nSPS) is 17.8. The zero-order valence-corrected chi connectivity index (χ0v) is 14.5. The van der Waals surface area contributed by atoms with Crippen molar-refractivity contribution in [2.75, 3.05) is 24.5 Å². The molecular weight excluding hydrogens is 312 g/mol. The van der Waals surface area contributed by atoms with Crippen LogP contribution in [0.3, 0.4) is 0 Å². The predicted molar refractivity (Wildman–Crippen MR) is 97.6 cm³/mol. The Balaban J connectivity index is 1.46. The van der Waals surface area contributed by atoms with Crippen molar-refractivity contribution in [3.63, 3.8) is 0 Å². The fourth-order valence-electron chi connectivity index (χ4n) is 3.72. The van der Waals surface area contributed by atoms with E-state index < -0.39 is 0 Å². The fourth-order valence-corrected chi connectivity index (χ4v) is 3.72. The Morgan fingerprint density at radius 2 is 1.56 bits per heavy atom. The van der Waals surface area contributed by atoms with E-state index in [9.17, 15) is 4.79 Å². The molecule has 3 heterocycles. The average molecular weight is 336 g/mol. The Morgan fingerprint density at radius 3 is 2.28 bits per heavy atom. The molecule has 1 fully saturated rings. The van der Waals surface area contributed by atoms with Crippen LogP contribution in [0.1, 0.15) is 47.2 Å². The highest BCUT2D eigenvalue weighted by Crippen LogP contribution is 2.21.